The standard InChI is InChI=1S/C8H18O5S.Na.H/c1-7(2,9)5-6(8(3,4)10)14(11,12)13;;/h6,9-10H,5H2,1-4H3,(H,11,12,13);;/q;+1;-1. The monoisotopic (exact) mass is 250 g/mol. The molecule has 0 aromatic heterocycles. The van der Waals surface area contributed by atoms with Crippen LogP contribution in [0.5, 0.6) is 0 Å². The molecule has 0 aromatic carbocycles. The molecular weight excluding hydrogens is 231 g/mol. The molecule has 7 heteroatoms. The first-order valence-corrected chi connectivity index (χ1v) is 5.75. The molecule has 0 rings (SSSR count). The maximum atomic E-state index is 10.9. The zero-order valence-corrected chi connectivity index (χ0v) is 12.7. The maximum absolute atomic E-state index is 10.9. The zero-order valence-electron chi connectivity index (χ0n) is 10.9. The molecule has 15 heavy (non-hydrogen) atoms. The first kappa shape index (κ1) is 18.2. The maximum Gasteiger partial charge on any atom is 1.00 e. The predicted octanol–water partition coefficient (Wildman–Crippen LogP) is -2.71. The van der Waals surface area contributed by atoms with Crippen molar-refractivity contribution in [2.45, 2.75) is 50.6 Å². The van der Waals surface area contributed by atoms with Gasteiger partial charge < -0.3 is 11.6 Å². The van der Waals surface area contributed by atoms with Crippen molar-refractivity contribution in [1.82, 2.24) is 0 Å². The van der Waals surface area contributed by atoms with Gasteiger partial charge >= 0.3 is 29.6 Å². The Labute approximate surface area is 114 Å². The van der Waals surface area contributed by atoms with E-state index in [1.807, 2.05) is 0 Å². The molecule has 1 unspecified atom stereocenters. The molecule has 0 heterocycles. The average Bonchev–Trinajstić information content (AvgIpc) is 1.75. The fourth-order valence-corrected chi connectivity index (χ4v) is 2.52. The van der Waals surface area contributed by atoms with Crippen LogP contribution in [-0.2, 0) is 10.1 Å². The van der Waals surface area contributed by atoms with Gasteiger partial charge in [0.05, 0.1) is 11.2 Å². The molecule has 0 saturated carbocycles. The van der Waals surface area contributed by atoms with Crippen molar-refractivity contribution in [3.63, 3.8) is 0 Å². The Morgan fingerprint density at radius 3 is 1.60 bits per heavy atom. The van der Waals surface area contributed by atoms with Crippen LogP contribution >= 0.6 is 0 Å². The van der Waals surface area contributed by atoms with E-state index in [0.717, 1.165) is 0 Å². The van der Waals surface area contributed by atoms with Crippen LogP contribution in [0.15, 0.2) is 0 Å². The Morgan fingerprint density at radius 2 is 1.53 bits per heavy atom. The third kappa shape index (κ3) is 7.68. The zero-order chi connectivity index (χ0) is 11.8. The molecule has 88 valence electrons. The molecule has 0 aliphatic rings. The third-order valence-corrected chi connectivity index (χ3v) is 3.29. The van der Waals surface area contributed by atoms with Gasteiger partial charge in [-0.15, -0.1) is 0 Å². The second-order valence-electron chi connectivity index (χ2n) is 4.67. The van der Waals surface area contributed by atoms with Crippen LogP contribution in [0.4, 0.5) is 0 Å². The minimum absolute atomic E-state index is 0. The Bertz CT molecular complexity index is 291. The number of rotatable bonds is 4. The van der Waals surface area contributed by atoms with Crippen LogP contribution < -0.4 is 29.6 Å². The van der Waals surface area contributed by atoms with Crippen molar-refractivity contribution >= 4 is 10.1 Å². The second-order valence-corrected chi connectivity index (χ2v) is 6.27. The largest absolute Gasteiger partial charge is 1.00 e. The summed E-state index contributed by atoms with van der Waals surface area (Å²) in [5.41, 5.74) is -2.85. The molecule has 0 aliphatic heterocycles. The van der Waals surface area contributed by atoms with E-state index in [4.69, 9.17) is 4.55 Å². The summed E-state index contributed by atoms with van der Waals surface area (Å²) in [5.74, 6) is 0. The fraction of sp³-hybridized carbons (Fsp3) is 1.00. The van der Waals surface area contributed by atoms with Gasteiger partial charge in [-0.1, -0.05) is 0 Å². The molecule has 0 fully saturated rings. The average molecular weight is 250 g/mol. The summed E-state index contributed by atoms with van der Waals surface area (Å²) in [6.07, 6.45) is -0.227. The van der Waals surface area contributed by atoms with Crippen molar-refractivity contribution in [2.24, 2.45) is 0 Å². The number of aliphatic hydroxyl groups is 2. The number of hydrogen-bond acceptors (Lipinski definition) is 4. The summed E-state index contributed by atoms with van der Waals surface area (Å²) < 4.78 is 30.8. The van der Waals surface area contributed by atoms with E-state index >= 15 is 0 Å². The summed E-state index contributed by atoms with van der Waals surface area (Å²) in [7, 11) is -4.37. The van der Waals surface area contributed by atoms with Crippen LogP contribution in [0, 0.1) is 0 Å². The van der Waals surface area contributed by atoms with Crippen molar-refractivity contribution in [3.8, 4) is 0 Å². The van der Waals surface area contributed by atoms with Crippen molar-refractivity contribution in [1.29, 1.82) is 0 Å². The minimum Gasteiger partial charge on any atom is -1.00 e. The molecule has 0 amide bonds. The van der Waals surface area contributed by atoms with Crippen LogP contribution in [0.25, 0.3) is 0 Å². The van der Waals surface area contributed by atoms with Gasteiger partial charge in [0.2, 0.25) is 0 Å². The Morgan fingerprint density at radius 1 is 1.20 bits per heavy atom. The van der Waals surface area contributed by atoms with Crippen LogP contribution in [0.1, 0.15) is 35.5 Å². The van der Waals surface area contributed by atoms with Gasteiger partial charge in [0.25, 0.3) is 10.1 Å². The summed E-state index contributed by atoms with van der Waals surface area (Å²) in [6.45, 7) is 5.38. The molecule has 0 saturated heterocycles. The van der Waals surface area contributed by atoms with Crippen LogP contribution in [-0.4, -0.2) is 39.6 Å². The first-order chi connectivity index (χ1) is 5.84. The van der Waals surface area contributed by atoms with Gasteiger partial charge in [0.15, 0.2) is 0 Å². The molecule has 3 N–H and O–H groups in total. The van der Waals surface area contributed by atoms with Crippen molar-refractivity contribution in [3.05, 3.63) is 0 Å². The van der Waals surface area contributed by atoms with Crippen molar-refractivity contribution < 1.29 is 54.2 Å². The van der Waals surface area contributed by atoms with Gasteiger partial charge in [-0.3, -0.25) is 4.55 Å². The normalized spacial score (nSPS) is 15.7. The Kier molecular flexibility index (Phi) is 6.60. The van der Waals surface area contributed by atoms with E-state index in [1.165, 1.54) is 27.7 Å². The van der Waals surface area contributed by atoms with Gasteiger partial charge in [-0.25, -0.2) is 0 Å². The smallest absolute Gasteiger partial charge is 1.00 e. The quantitative estimate of drug-likeness (QED) is 0.372. The van der Waals surface area contributed by atoms with Crippen LogP contribution in [0.2, 0.25) is 0 Å². The molecule has 1 atom stereocenters. The second kappa shape index (κ2) is 5.44. The SMILES string of the molecule is CC(C)(O)CC(C(C)(C)O)S(=O)(=O)O.[H-].[Na+]. The van der Waals surface area contributed by atoms with E-state index in [9.17, 15) is 18.6 Å². The van der Waals surface area contributed by atoms with E-state index in [1.54, 1.807) is 0 Å². The Hall–Kier alpha value is 0.830. The Balaban J connectivity index is -0.000000845. The van der Waals surface area contributed by atoms with E-state index < -0.39 is 26.6 Å². The van der Waals surface area contributed by atoms with Gasteiger partial charge in [-0.05, 0) is 34.1 Å². The molecule has 0 spiro atoms. The third-order valence-electron chi connectivity index (χ3n) is 1.83. The minimum atomic E-state index is -4.37. The number of hydrogen-bond donors (Lipinski definition) is 3. The van der Waals surface area contributed by atoms with E-state index in [-0.39, 0.29) is 37.4 Å². The fourth-order valence-electron chi connectivity index (χ4n) is 1.17. The van der Waals surface area contributed by atoms with E-state index in [0.29, 0.717) is 0 Å². The first-order valence-electron chi connectivity index (χ1n) is 4.25. The molecule has 0 aliphatic carbocycles. The summed E-state index contributed by atoms with van der Waals surface area (Å²) in [6, 6.07) is 0. The van der Waals surface area contributed by atoms with Gasteiger partial charge in [0, 0.05) is 0 Å². The van der Waals surface area contributed by atoms with Gasteiger partial charge in [0.1, 0.15) is 5.25 Å². The molecular formula is C8H19NaO5S. The molecule has 0 radical (unpaired) electrons. The van der Waals surface area contributed by atoms with Gasteiger partial charge in [-0.2, -0.15) is 8.42 Å². The molecule has 0 bridgehead atoms. The summed E-state index contributed by atoms with van der Waals surface area (Å²) >= 11 is 0. The summed E-state index contributed by atoms with van der Waals surface area (Å²) in [5, 5.41) is 17.6. The molecule has 5 nitrogen and oxygen atoms in total. The van der Waals surface area contributed by atoms with E-state index in [2.05, 4.69) is 0 Å². The topological polar surface area (TPSA) is 94.8 Å². The molecule has 0 aromatic rings. The van der Waals surface area contributed by atoms with Crippen molar-refractivity contribution in [2.75, 3.05) is 0 Å². The summed E-state index contributed by atoms with van der Waals surface area (Å²) in [4.78, 5) is 0. The van der Waals surface area contributed by atoms with Crippen LogP contribution in [0.3, 0.4) is 0 Å². The predicted molar refractivity (Wildman–Crippen MR) is 53.7 cm³/mol.